The van der Waals surface area contributed by atoms with Crippen LogP contribution in [0.1, 0.15) is 18.4 Å². The first-order valence-electron chi connectivity index (χ1n) is 6.63. The van der Waals surface area contributed by atoms with Crippen molar-refractivity contribution in [2.75, 3.05) is 6.54 Å². The Bertz CT molecular complexity index is 412. The van der Waals surface area contributed by atoms with Gasteiger partial charge in [-0.1, -0.05) is 30.3 Å². The summed E-state index contributed by atoms with van der Waals surface area (Å²) in [6.07, 6.45) is 1.43. The Balaban J connectivity index is 1.90. The molecule has 0 radical (unpaired) electrons. The van der Waals surface area contributed by atoms with Crippen molar-refractivity contribution in [1.82, 2.24) is 10.6 Å². The molecule has 2 heterocycles. The van der Waals surface area contributed by atoms with Crippen molar-refractivity contribution in [1.29, 1.82) is 0 Å². The molecule has 2 saturated heterocycles. The molecule has 2 aliphatic rings. The van der Waals surface area contributed by atoms with Gasteiger partial charge in [-0.15, -0.1) is 0 Å². The zero-order chi connectivity index (χ0) is 12.6. The van der Waals surface area contributed by atoms with Crippen LogP contribution >= 0.6 is 0 Å². The van der Waals surface area contributed by atoms with Crippen LogP contribution < -0.4 is 10.6 Å². The van der Waals surface area contributed by atoms with Gasteiger partial charge in [-0.3, -0.25) is 5.32 Å². The molecule has 4 heteroatoms. The van der Waals surface area contributed by atoms with Gasteiger partial charge >= 0.3 is 0 Å². The number of hydrogen-bond donors (Lipinski definition) is 4. The standard InChI is InChI=1S/C14H20N2O2/c17-12-11-7-4-8-15-14(11,13(18)16-12)9-10-5-2-1-3-6-10/h1-3,5-6,11-13,15-18H,4,7-9H2. The Morgan fingerprint density at radius 2 is 2.00 bits per heavy atom. The van der Waals surface area contributed by atoms with E-state index in [2.05, 4.69) is 22.8 Å². The van der Waals surface area contributed by atoms with E-state index in [1.54, 1.807) is 0 Å². The number of fused-ring (bicyclic) bond motifs is 1. The molecule has 4 nitrogen and oxygen atoms in total. The van der Waals surface area contributed by atoms with Crippen LogP contribution in [0.5, 0.6) is 0 Å². The highest BCUT2D eigenvalue weighted by atomic mass is 16.3. The number of rotatable bonds is 2. The van der Waals surface area contributed by atoms with E-state index in [-0.39, 0.29) is 5.92 Å². The lowest BCUT2D eigenvalue weighted by atomic mass is 9.75. The van der Waals surface area contributed by atoms with Crippen LogP contribution in [0.15, 0.2) is 30.3 Å². The van der Waals surface area contributed by atoms with Gasteiger partial charge in [0.1, 0.15) is 12.5 Å². The maximum Gasteiger partial charge on any atom is 0.125 e. The molecule has 0 amide bonds. The Kier molecular flexibility index (Phi) is 3.11. The quantitative estimate of drug-likeness (QED) is 0.604. The van der Waals surface area contributed by atoms with E-state index in [1.165, 1.54) is 5.56 Å². The Morgan fingerprint density at radius 1 is 1.22 bits per heavy atom. The molecule has 18 heavy (non-hydrogen) atoms. The molecule has 0 bridgehead atoms. The summed E-state index contributed by atoms with van der Waals surface area (Å²) >= 11 is 0. The van der Waals surface area contributed by atoms with Gasteiger partial charge in [-0.05, 0) is 31.4 Å². The van der Waals surface area contributed by atoms with Gasteiger partial charge in [0.15, 0.2) is 0 Å². The molecule has 2 fully saturated rings. The van der Waals surface area contributed by atoms with E-state index < -0.39 is 18.0 Å². The molecule has 98 valence electrons. The Morgan fingerprint density at radius 3 is 2.78 bits per heavy atom. The van der Waals surface area contributed by atoms with Crippen molar-refractivity contribution < 1.29 is 10.2 Å². The third-order valence-electron chi connectivity index (χ3n) is 4.34. The number of nitrogens with one attached hydrogen (secondary N) is 2. The smallest absolute Gasteiger partial charge is 0.125 e. The maximum absolute atomic E-state index is 10.3. The van der Waals surface area contributed by atoms with Crippen LogP contribution in [0.25, 0.3) is 0 Å². The lowest BCUT2D eigenvalue weighted by Crippen LogP contribution is -2.61. The summed E-state index contributed by atoms with van der Waals surface area (Å²) < 4.78 is 0. The van der Waals surface area contributed by atoms with Crippen LogP contribution in [0, 0.1) is 5.92 Å². The van der Waals surface area contributed by atoms with E-state index in [9.17, 15) is 10.2 Å². The van der Waals surface area contributed by atoms with E-state index in [1.807, 2.05) is 18.2 Å². The zero-order valence-electron chi connectivity index (χ0n) is 10.3. The van der Waals surface area contributed by atoms with Crippen LogP contribution in [-0.2, 0) is 6.42 Å². The molecule has 4 N–H and O–H groups in total. The number of benzene rings is 1. The summed E-state index contributed by atoms with van der Waals surface area (Å²) in [5, 5.41) is 26.6. The first kappa shape index (κ1) is 12.1. The molecule has 2 aliphatic heterocycles. The third kappa shape index (κ3) is 1.86. The van der Waals surface area contributed by atoms with Gasteiger partial charge in [0.25, 0.3) is 0 Å². The summed E-state index contributed by atoms with van der Waals surface area (Å²) in [5.74, 6) is 0.0708. The fraction of sp³-hybridized carbons (Fsp3) is 0.571. The molecular weight excluding hydrogens is 228 g/mol. The molecule has 0 aliphatic carbocycles. The first-order valence-corrected chi connectivity index (χ1v) is 6.63. The van der Waals surface area contributed by atoms with Crippen molar-refractivity contribution in [3.8, 4) is 0 Å². The summed E-state index contributed by atoms with van der Waals surface area (Å²) in [6, 6.07) is 10.1. The second-order valence-corrected chi connectivity index (χ2v) is 5.39. The van der Waals surface area contributed by atoms with Crippen LogP contribution in [0.2, 0.25) is 0 Å². The number of aliphatic hydroxyl groups is 2. The number of hydrogen-bond acceptors (Lipinski definition) is 4. The van der Waals surface area contributed by atoms with Gasteiger partial charge in [0.05, 0.1) is 5.54 Å². The fourth-order valence-electron chi connectivity index (χ4n) is 3.42. The van der Waals surface area contributed by atoms with Gasteiger partial charge in [0.2, 0.25) is 0 Å². The van der Waals surface area contributed by atoms with Gasteiger partial charge in [-0.2, -0.15) is 0 Å². The summed E-state index contributed by atoms with van der Waals surface area (Å²) in [6.45, 7) is 0.898. The second-order valence-electron chi connectivity index (χ2n) is 5.39. The minimum Gasteiger partial charge on any atom is -0.378 e. The highest BCUT2D eigenvalue weighted by Gasteiger charge is 2.54. The van der Waals surface area contributed by atoms with Crippen LogP contribution in [0.3, 0.4) is 0 Å². The van der Waals surface area contributed by atoms with E-state index >= 15 is 0 Å². The second kappa shape index (κ2) is 4.63. The van der Waals surface area contributed by atoms with Crippen molar-refractivity contribution >= 4 is 0 Å². The maximum atomic E-state index is 10.3. The largest absolute Gasteiger partial charge is 0.378 e. The minimum absolute atomic E-state index is 0.0708. The van der Waals surface area contributed by atoms with Crippen molar-refractivity contribution in [2.24, 2.45) is 5.92 Å². The SMILES string of the molecule is OC1NC(O)C2(Cc3ccccc3)NCCCC12. The van der Waals surface area contributed by atoms with E-state index in [0.717, 1.165) is 25.8 Å². The topological polar surface area (TPSA) is 64.5 Å². The molecule has 1 aromatic rings. The predicted molar refractivity (Wildman–Crippen MR) is 68.8 cm³/mol. The van der Waals surface area contributed by atoms with E-state index in [4.69, 9.17) is 0 Å². The number of piperidine rings is 1. The molecule has 3 rings (SSSR count). The monoisotopic (exact) mass is 248 g/mol. The summed E-state index contributed by atoms with van der Waals surface area (Å²) in [7, 11) is 0. The molecule has 0 saturated carbocycles. The Labute approximate surface area is 107 Å². The predicted octanol–water partition coefficient (Wildman–Crippen LogP) is 0.207. The fourth-order valence-corrected chi connectivity index (χ4v) is 3.42. The summed E-state index contributed by atoms with van der Waals surface area (Å²) in [5.41, 5.74) is 0.755. The van der Waals surface area contributed by atoms with Crippen molar-refractivity contribution in [3.63, 3.8) is 0 Å². The Hall–Kier alpha value is -0.940. The molecule has 0 aromatic heterocycles. The molecule has 1 aromatic carbocycles. The lowest BCUT2D eigenvalue weighted by Gasteiger charge is -2.42. The van der Waals surface area contributed by atoms with Crippen molar-refractivity contribution in [3.05, 3.63) is 35.9 Å². The first-order chi connectivity index (χ1) is 8.72. The van der Waals surface area contributed by atoms with E-state index in [0.29, 0.717) is 0 Å². The van der Waals surface area contributed by atoms with Crippen molar-refractivity contribution in [2.45, 2.75) is 37.3 Å². The van der Waals surface area contributed by atoms with Gasteiger partial charge in [-0.25, -0.2) is 0 Å². The molecule has 4 unspecified atom stereocenters. The van der Waals surface area contributed by atoms with Crippen LogP contribution in [-0.4, -0.2) is 34.8 Å². The third-order valence-corrected chi connectivity index (χ3v) is 4.34. The van der Waals surface area contributed by atoms with Gasteiger partial charge < -0.3 is 15.5 Å². The van der Waals surface area contributed by atoms with Crippen LogP contribution in [0.4, 0.5) is 0 Å². The highest BCUT2D eigenvalue weighted by Crippen LogP contribution is 2.38. The molecular formula is C14H20N2O2. The average molecular weight is 248 g/mol. The van der Waals surface area contributed by atoms with Gasteiger partial charge in [0, 0.05) is 5.92 Å². The lowest BCUT2D eigenvalue weighted by molar-refractivity contribution is 0.0328. The normalized spacial score (nSPS) is 39.6. The number of aliphatic hydroxyl groups excluding tert-OH is 2. The summed E-state index contributed by atoms with van der Waals surface area (Å²) in [4.78, 5) is 0. The molecule has 0 spiro atoms. The molecule has 4 atom stereocenters. The highest BCUT2D eigenvalue weighted by molar-refractivity contribution is 5.22. The minimum atomic E-state index is -0.696. The zero-order valence-corrected chi connectivity index (χ0v) is 10.3. The average Bonchev–Trinajstić information content (AvgIpc) is 2.63.